The molecule has 0 aliphatic rings. The van der Waals surface area contributed by atoms with Crippen LogP contribution in [0.4, 0.5) is 13.2 Å². The minimum Gasteiger partial charge on any atom is -0.394 e. The van der Waals surface area contributed by atoms with Crippen LogP contribution in [0, 0.1) is 17.5 Å². The molecule has 3 N–H and O–H groups in total. The molecule has 0 aromatic heterocycles. The van der Waals surface area contributed by atoms with Gasteiger partial charge in [0, 0.05) is 6.54 Å². The van der Waals surface area contributed by atoms with Crippen molar-refractivity contribution in [3.8, 4) is 0 Å². The molecule has 0 aliphatic carbocycles. The highest BCUT2D eigenvalue weighted by atomic mass is 19.2. The second-order valence-corrected chi connectivity index (χ2v) is 4.18. The third-order valence-corrected chi connectivity index (χ3v) is 2.99. The maximum absolute atomic E-state index is 13.0. The van der Waals surface area contributed by atoms with Gasteiger partial charge in [0.2, 0.25) is 0 Å². The van der Waals surface area contributed by atoms with Crippen molar-refractivity contribution in [1.29, 1.82) is 0 Å². The van der Waals surface area contributed by atoms with Gasteiger partial charge in [-0.05, 0) is 24.1 Å². The van der Waals surface area contributed by atoms with Gasteiger partial charge in [0.1, 0.15) is 0 Å². The lowest BCUT2D eigenvalue weighted by atomic mass is 9.98. The van der Waals surface area contributed by atoms with Gasteiger partial charge in [0.05, 0.1) is 18.8 Å². The zero-order chi connectivity index (χ0) is 13.8. The fraction of sp³-hybridized carbons (Fsp3) is 0.500. The van der Waals surface area contributed by atoms with Crippen LogP contribution in [0.25, 0.3) is 0 Å². The van der Waals surface area contributed by atoms with E-state index in [9.17, 15) is 23.4 Å². The summed E-state index contributed by atoms with van der Waals surface area (Å²) < 4.78 is 38.7. The summed E-state index contributed by atoms with van der Waals surface area (Å²) in [5, 5.41) is 21.2. The van der Waals surface area contributed by atoms with Gasteiger partial charge in [-0.1, -0.05) is 6.92 Å². The highest BCUT2D eigenvalue weighted by Crippen LogP contribution is 2.15. The van der Waals surface area contributed by atoms with Gasteiger partial charge in [-0.25, -0.2) is 13.2 Å². The lowest BCUT2D eigenvalue weighted by Gasteiger charge is -2.29. The number of hydrogen-bond donors (Lipinski definition) is 3. The Hall–Kier alpha value is -1.11. The van der Waals surface area contributed by atoms with Crippen molar-refractivity contribution in [2.24, 2.45) is 0 Å². The number of nitrogens with one attached hydrogen (secondary N) is 1. The average Bonchev–Trinajstić information content (AvgIpc) is 2.38. The Morgan fingerprint density at radius 3 is 2.00 bits per heavy atom. The molecule has 3 nitrogen and oxygen atoms in total. The first kappa shape index (κ1) is 14.9. The predicted octanol–water partition coefficient (Wildman–Crippen LogP) is 1.33. The van der Waals surface area contributed by atoms with Crippen molar-refractivity contribution in [2.45, 2.75) is 25.4 Å². The summed E-state index contributed by atoms with van der Waals surface area (Å²) in [5.41, 5.74) is -0.715. The Kier molecular flexibility index (Phi) is 5.13. The van der Waals surface area contributed by atoms with Gasteiger partial charge >= 0.3 is 0 Å². The van der Waals surface area contributed by atoms with E-state index in [4.69, 9.17) is 0 Å². The Balaban J connectivity index is 2.80. The molecule has 0 radical (unpaired) electrons. The van der Waals surface area contributed by atoms with Gasteiger partial charge < -0.3 is 15.5 Å². The van der Waals surface area contributed by atoms with E-state index in [1.807, 2.05) is 0 Å². The summed E-state index contributed by atoms with van der Waals surface area (Å²) in [6.45, 7) is 1.15. The molecule has 0 heterocycles. The summed E-state index contributed by atoms with van der Waals surface area (Å²) in [7, 11) is 0. The van der Waals surface area contributed by atoms with Crippen LogP contribution in [0.15, 0.2) is 12.1 Å². The average molecular weight is 263 g/mol. The number of aliphatic hydroxyl groups excluding tert-OH is 2. The highest BCUT2D eigenvalue weighted by Gasteiger charge is 2.25. The van der Waals surface area contributed by atoms with Crippen LogP contribution in [0.2, 0.25) is 0 Å². The largest absolute Gasteiger partial charge is 0.394 e. The van der Waals surface area contributed by atoms with Gasteiger partial charge in [-0.15, -0.1) is 0 Å². The van der Waals surface area contributed by atoms with E-state index < -0.39 is 23.0 Å². The summed E-state index contributed by atoms with van der Waals surface area (Å²) in [6, 6.07) is 1.75. The van der Waals surface area contributed by atoms with Gasteiger partial charge in [-0.3, -0.25) is 0 Å². The topological polar surface area (TPSA) is 52.5 Å². The number of halogens is 3. The smallest absolute Gasteiger partial charge is 0.194 e. The highest BCUT2D eigenvalue weighted by molar-refractivity contribution is 5.19. The molecule has 0 atom stereocenters. The molecule has 0 saturated heterocycles. The van der Waals surface area contributed by atoms with Crippen LogP contribution < -0.4 is 5.32 Å². The maximum atomic E-state index is 13.0. The van der Waals surface area contributed by atoms with E-state index in [0.717, 1.165) is 12.1 Å². The number of hydrogen-bond acceptors (Lipinski definition) is 3. The minimum atomic E-state index is -1.51. The summed E-state index contributed by atoms with van der Waals surface area (Å²) in [5.74, 6) is -4.03. The predicted molar refractivity (Wildman–Crippen MR) is 60.3 cm³/mol. The molecule has 0 unspecified atom stereocenters. The number of rotatable bonds is 6. The molecule has 1 rings (SSSR count). The first-order valence-corrected chi connectivity index (χ1v) is 5.58. The van der Waals surface area contributed by atoms with Crippen LogP contribution >= 0.6 is 0 Å². The van der Waals surface area contributed by atoms with Crippen molar-refractivity contribution >= 4 is 0 Å². The minimum absolute atomic E-state index is 0.0169. The van der Waals surface area contributed by atoms with Gasteiger partial charge in [-0.2, -0.15) is 0 Å². The summed E-state index contributed by atoms with van der Waals surface area (Å²) >= 11 is 0. The Bertz CT molecular complexity index is 377. The number of aliphatic hydroxyl groups is 2. The normalized spacial score (nSPS) is 11.9. The number of benzene rings is 1. The van der Waals surface area contributed by atoms with Crippen molar-refractivity contribution in [2.75, 3.05) is 13.2 Å². The molecule has 0 saturated carbocycles. The Labute approximate surface area is 103 Å². The molecule has 0 aliphatic heterocycles. The Morgan fingerprint density at radius 1 is 1.11 bits per heavy atom. The molecular weight excluding hydrogens is 247 g/mol. The van der Waals surface area contributed by atoms with Crippen LogP contribution in [0.3, 0.4) is 0 Å². The zero-order valence-corrected chi connectivity index (χ0v) is 10.0. The zero-order valence-electron chi connectivity index (χ0n) is 10.0. The molecule has 0 bridgehead atoms. The first-order chi connectivity index (χ1) is 8.48. The first-order valence-electron chi connectivity index (χ1n) is 5.58. The standard InChI is InChI=1S/C12H16F3NO2/c1-2-12(6-17,7-18)16-5-8-3-9(13)11(15)10(14)4-8/h3-4,16-18H,2,5-7H2,1H3. The molecule has 102 valence electrons. The van der Waals surface area contributed by atoms with Crippen LogP contribution in [-0.4, -0.2) is 29.0 Å². The van der Waals surface area contributed by atoms with E-state index in [0.29, 0.717) is 6.42 Å². The molecule has 1 aromatic rings. The molecule has 6 heteroatoms. The van der Waals surface area contributed by atoms with Crippen LogP contribution in [-0.2, 0) is 6.54 Å². The molecule has 0 spiro atoms. The third kappa shape index (κ3) is 3.22. The van der Waals surface area contributed by atoms with E-state index in [1.54, 1.807) is 6.92 Å². The van der Waals surface area contributed by atoms with Crippen LogP contribution in [0.5, 0.6) is 0 Å². The molecule has 0 fully saturated rings. The summed E-state index contributed by atoms with van der Waals surface area (Å²) in [6.07, 6.45) is 0.437. The quantitative estimate of drug-likeness (QED) is 0.679. The Morgan fingerprint density at radius 2 is 1.61 bits per heavy atom. The van der Waals surface area contributed by atoms with E-state index in [-0.39, 0.29) is 25.3 Å². The van der Waals surface area contributed by atoms with Crippen molar-refractivity contribution in [1.82, 2.24) is 5.32 Å². The molecule has 18 heavy (non-hydrogen) atoms. The van der Waals surface area contributed by atoms with E-state index in [2.05, 4.69) is 5.32 Å². The fourth-order valence-corrected chi connectivity index (χ4v) is 1.51. The second kappa shape index (κ2) is 6.17. The van der Waals surface area contributed by atoms with Crippen molar-refractivity contribution < 1.29 is 23.4 Å². The van der Waals surface area contributed by atoms with Crippen molar-refractivity contribution in [3.05, 3.63) is 35.1 Å². The molecule has 0 amide bonds. The van der Waals surface area contributed by atoms with Crippen LogP contribution in [0.1, 0.15) is 18.9 Å². The SMILES string of the molecule is CCC(CO)(CO)NCc1cc(F)c(F)c(F)c1. The van der Waals surface area contributed by atoms with Gasteiger partial charge in [0.25, 0.3) is 0 Å². The maximum Gasteiger partial charge on any atom is 0.194 e. The van der Waals surface area contributed by atoms with E-state index >= 15 is 0 Å². The third-order valence-electron chi connectivity index (χ3n) is 2.99. The lowest BCUT2D eigenvalue weighted by Crippen LogP contribution is -2.50. The molecule has 1 aromatic carbocycles. The van der Waals surface area contributed by atoms with E-state index in [1.165, 1.54) is 0 Å². The molecular formula is C12H16F3NO2. The fourth-order valence-electron chi connectivity index (χ4n) is 1.51. The lowest BCUT2D eigenvalue weighted by molar-refractivity contribution is 0.0863. The van der Waals surface area contributed by atoms with Gasteiger partial charge in [0.15, 0.2) is 17.5 Å². The second-order valence-electron chi connectivity index (χ2n) is 4.18. The monoisotopic (exact) mass is 263 g/mol. The van der Waals surface area contributed by atoms with Crippen molar-refractivity contribution in [3.63, 3.8) is 0 Å². The summed E-state index contributed by atoms with van der Waals surface area (Å²) in [4.78, 5) is 0.